The number of nitrogens with two attached hydrogens (primary N) is 1. The van der Waals surface area contributed by atoms with Gasteiger partial charge < -0.3 is 10.2 Å². The Bertz CT molecular complexity index is 747. The van der Waals surface area contributed by atoms with Crippen LogP contribution in [0.5, 0.6) is 5.75 Å². The molecular weight excluding hydrogens is 286 g/mol. The monoisotopic (exact) mass is 301 g/mol. The second-order valence-corrected chi connectivity index (χ2v) is 4.45. The van der Waals surface area contributed by atoms with Crippen LogP contribution < -0.4 is 16.0 Å². The summed E-state index contributed by atoms with van der Waals surface area (Å²) in [4.78, 5) is 4.55. The van der Waals surface area contributed by atoms with Crippen molar-refractivity contribution in [2.24, 2.45) is 5.84 Å². The summed E-state index contributed by atoms with van der Waals surface area (Å²) in [5, 5.41) is 1.02. The van der Waals surface area contributed by atoms with Crippen LogP contribution in [0.2, 0.25) is 0 Å². The van der Waals surface area contributed by atoms with Crippen molar-refractivity contribution in [1.29, 1.82) is 0 Å². The molecule has 4 nitrogen and oxygen atoms in total. The highest BCUT2D eigenvalue weighted by molar-refractivity contribution is 5.90. The molecule has 1 heterocycles. The lowest BCUT2D eigenvalue weighted by atomic mass is 10.0. The zero-order valence-electron chi connectivity index (χ0n) is 11.5. The molecule has 21 heavy (non-hydrogen) atoms. The fourth-order valence-corrected chi connectivity index (χ4v) is 2.23. The third-order valence-corrected chi connectivity index (χ3v) is 3.24. The van der Waals surface area contributed by atoms with Crippen molar-refractivity contribution in [2.75, 3.05) is 12.5 Å². The molecule has 0 aliphatic heterocycles. The normalized spacial score (nSPS) is 10.0. The smallest absolute Gasteiger partial charge is 0.148 e. The van der Waals surface area contributed by atoms with E-state index >= 15 is 0 Å². The number of hydrogen-bond acceptors (Lipinski definition) is 4. The number of ether oxygens (including phenoxy) is 1. The molecule has 0 fully saturated rings. The van der Waals surface area contributed by atoms with Gasteiger partial charge in [0.15, 0.2) is 0 Å². The second-order valence-electron chi connectivity index (χ2n) is 4.45. The SMILES string of the molecule is COc1ccc2nc(NN)c(-c3ccccc3)cc2c1.Cl. The van der Waals surface area contributed by atoms with Crippen LogP contribution in [0.15, 0.2) is 54.6 Å². The van der Waals surface area contributed by atoms with Gasteiger partial charge in [-0.1, -0.05) is 30.3 Å². The number of aromatic nitrogens is 1. The Kier molecular flexibility index (Phi) is 4.62. The second kappa shape index (κ2) is 6.43. The van der Waals surface area contributed by atoms with Gasteiger partial charge in [-0.2, -0.15) is 0 Å². The number of pyridine rings is 1. The molecular formula is C16H16ClN3O. The van der Waals surface area contributed by atoms with Gasteiger partial charge in [0.05, 0.1) is 12.6 Å². The van der Waals surface area contributed by atoms with E-state index in [4.69, 9.17) is 10.6 Å². The number of nitrogen functional groups attached to an aromatic ring is 1. The quantitative estimate of drug-likeness (QED) is 0.573. The number of hydrogen-bond donors (Lipinski definition) is 2. The number of fused-ring (bicyclic) bond motifs is 1. The van der Waals surface area contributed by atoms with E-state index in [1.807, 2.05) is 48.5 Å². The Balaban J connectivity index is 0.00000161. The minimum Gasteiger partial charge on any atom is -0.497 e. The summed E-state index contributed by atoms with van der Waals surface area (Å²) < 4.78 is 5.26. The van der Waals surface area contributed by atoms with Crippen LogP contribution in [-0.2, 0) is 0 Å². The Morgan fingerprint density at radius 2 is 1.81 bits per heavy atom. The van der Waals surface area contributed by atoms with Gasteiger partial charge in [0.2, 0.25) is 0 Å². The molecule has 0 saturated heterocycles. The zero-order chi connectivity index (χ0) is 13.9. The van der Waals surface area contributed by atoms with Crippen LogP contribution in [0.3, 0.4) is 0 Å². The highest BCUT2D eigenvalue weighted by Gasteiger charge is 2.08. The van der Waals surface area contributed by atoms with Crippen LogP contribution >= 0.6 is 12.4 Å². The number of nitrogens with one attached hydrogen (secondary N) is 1. The summed E-state index contributed by atoms with van der Waals surface area (Å²) in [6.07, 6.45) is 0. The average molecular weight is 302 g/mol. The number of hydrazine groups is 1. The number of nitrogens with zero attached hydrogens (tertiary/aromatic N) is 1. The molecule has 5 heteroatoms. The minimum atomic E-state index is 0. The first-order valence-corrected chi connectivity index (χ1v) is 6.32. The van der Waals surface area contributed by atoms with Crippen molar-refractivity contribution < 1.29 is 4.74 Å². The minimum absolute atomic E-state index is 0. The van der Waals surface area contributed by atoms with E-state index in [1.165, 1.54) is 0 Å². The van der Waals surface area contributed by atoms with E-state index in [-0.39, 0.29) is 12.4 Å². The first-order chi connectivity index (χ1) is 9.81. The molecule has 0 aliphatic carbocycles. The summed E-state index contributed by atoms with van der Waals surface area (Å²) >= 11 is 0. The summed E-state index contributed by atoms with van der Waals surface area (Å²) in [6.45, 7) is 0. The van der Waals surface area contributed by atoms with Gasteiger partial charge in [-0.15, -0.1) is 12.4 Å². The summed E-state index contributed by atoms with van der Waals surface area (Å²) in [5.41, 5.74) is 5.58. The van der Waals surface area contributed by atoms with Crippen molar-refractivity contribution in [3.8, 4) is 16.9 Å². The maximum absolute atomic E-state index is 5.60. The third kappa shape index (κ3) is 2.91. The van der Waals surface area contributed by atoms with Gasteiger partial charge in [-0.25, -0.2) is 10.8 Å². The predicted molar refractivity (Wildman–Crippen MR) is 88.8 cm³/mol. The van der Waals surface area contributed by atoms with E-state index in [0.29, 0.717) is 5.82 Å². The van der Waals surface area contributed by atoms with Gasteiger partial charge in [0.1, 0.15) is 11.6 Å². The summed E-state index contributed by atoms with van der Waals surface area (Å²) in [7, 11) is 1.66. The molecule has 108 valence electrons. The molecule has 0 atom stereocenters. The molecule has 0 bridgehead atoms. The molecule has 3 rings (SSSR count). The van der Waals surface area contributed by atoms with Crippen LogP contribution in [0, 0.1) is 0 Å². The van der Waals surface area contributed by atoms with Gasteiger partial charge in [-0.3, -0.25) is 0 Å². The van der Waals surface area contributed by atoms with E-state index in [2.05, 4.69) is 16.5 Å². The lowest BCUT2D eigenvalue weighted by Crippen LogP contribution is -2.10. The van der Waals surface area contributed by atoms with Gasteiger partial charge in [-0.05, 0) is 29.8 Å². The van der Waals surface area contributed by atoms with Crippen LogP contribution in [-0.4, -0.2) is 12.1 Å². The van der Waals surface area contributed by atoms with E-state index in [9.17, 15) is 0 Å². The van der Waals surface area contributed by atoms with Gasteiger partial charge in [0.25, 0.3) is 0 Å². The van der Waals surface area contributed by atoms with Crippen LogP contribution in [0.1, 0.15) is 0 Å². The predicted octanol–water partition coefficient (Wildman–Crippen LogP) is 3.62. The molecule has 0 amide bonds. The number of benzene rings is 2. The lowest BCUT2D eigenvalue weighted by molar-refractivity contribution is 0.415. The number of methoxy groups -OCH3 is 1. The van der Waals surface area contributed by atoms with E-state index < -0.39 is 0 Å². The van der Waals surface area contributed by atoms with Crippen molar-refractivity contribution in [3.05, 3.63) is 54.6 Å². The molecule has 0 aliphatic rings. The molecule has 2 aromatic carbocycles. The molecule has 0 saturated carbocycles. The third-order valence-electron chi connectivity index (χ3n) is 3.24. The number of halogens is 1. The highest BCUT2D eigenvalue weighted by atomic mass is 35.5. The molecule has 3 N–H and O–H groups in total. The highest BCUT2D eigenvalue weighted by Crippen LogP contribution is 2.30. The number of rotatable bonds is 3. The fourth-order valence-electron chi connectivity index (χ4n) is 2.23. The maximum Gasteiger partial charge on any atom is 0.148 e. The van der Waals surface area contributed by atoms with Crippen molar-refractivity contribution in [1.82, 2.24) is 4.98 Å². The fraction of sp³-hybridized carbons (Fsp3) is 0.0625. The van der Waals surface area contributed by atoms with E-state index in [0.717, 1.165) is 27.8 Å². The standard InChI is InChI=1S/C16H15N3O.ClH/c1-20-13-7-8-15-12(9-13)10-14(16(18-15)19-17)11-5-3-2-4-6-11;/h2-10H,17H2,1H3,(H,18,19);1H. The maximum atomic E-state index is 5.60. The van der Waals surface area contributed by atoms with Crippen molar-refractivity contribution >= 4 is 29.1 Å². The van der Waals surface area contributed by atoms with Gasteiger partial charge >= 0.3 is 0 Å². The molecule has 3 aromatic rings. The summed E-state index contributed by atoms with van der Waals surface area (Å²) in [5.74, 6) is 7.07. The van der Waals surface area contributed by atoms with Gasteiger partial charge in [0, 0.05) is 10.9 Å². The largest absolute Gasteiger partial charge is 0.497 e. The number of anilines is 1. The molecule has 0 spiro atoms. The Morgan fingerprint density at radius 3 is 2.48 bits per heavy atom. The average Bonchev–Trinajstić information content (AvgIpc) is 2.53. The molecule has 0 radical (unpaired) electrons. The van der Waals surface area contributed by atoms with Crippen LogP contribution in [0.25, 0.3) is 22.0 Å². The Morgan fingerprint density at radius 1 is 1.05 bits per heavy atom. The molecule has 1 aromatic heterocycles. The topological polar surface area (TPSA) is 60.2 Å². The Hall–Kier alpha value is -2.30. The van der Waals surface area contributed by atoms with Crippen LogP contribution in [0.4, 0.5) is 5.82 Å². The Labute approximate surface area is 129 Å². The molecule has 0 unspecified atom stereocenters. The first kappa shape index (κ1) is 15.1. The lowest BCUT2D eigenvalue weighted by Gasteiger charge is -2.11. The van der Waals surface area contributed by atoms with E-state index in [1.54, 1.807) is 7.11 Å². The first-order valence-electron chi connectivity index (χ1n) is 6.32. The zero-order valence-corrected chi connectivity index (χ0v) is 12.4. The van der Waals surface area contributed by atoms with Crippen molar-refractivity contribution in [2.45, 2.75) is 0 Å². The summed E-state index contributed by atoms with van der Waals surface area (Å²) in [6, 6.07) is 17.9. The van der Waals surface area contributed by atoms with Crippen molar-refractivity contribution in [3.63, 3.8) is 0 Å².